The van der Waals surface area contributed by atoms with E-state index in [2.05, 4.69) is 5.32 Å². The summed E-state index contributed by atoms with van der Waals surface area (Å²) < 4.78 is 0. The molecule has 0 aromatic heterocycles. The summed E-state index contributed by atoms with van der Waals surface area (Å²) in [5.74, 6) is -1.43. The molecule has 0 heterocycles. The second kappa shape index (κ2) is 8.15. The fourth-order valence-electron chi connectivity index (χ4n) is 2.93. The minimum absolute atomic E-state index is 0.113. The lowest BCUT2D eigenvalue weighted by atomic mass is 10.0. The molecule has 0 unspecified atom stereocenters. The molecule has 0 saturated carbocycles. The monoisotopic (exact) mass is 358 g/mol. The molecule has 2 N–H and O–H groups in total. The molecule has 0 saturated heterocycles. The molecule has 0 fully saturated rings. The molecule has 0 spiro atoms. The quantitative estimate of drug-likeness (QED) is 0.708. The molecule has 0 aliphatic rings. The third-order valence-corrected chi connectivity index (χ3v) is 4.33. The summed E-state index contributed by atoms with van der Waals surface area (Å²) in [5, 5.41) is 23.0. The molecular weight excluding hydrogens is 340 g/mol. The van der Waals surface area contributed by atoms with E-state index in [9.17, 15) is 14.7 Å². The number of fused-ring (bicyclic) bond motifs is 1. The number of benzene rings is 3. The van der Waals surface area contributed by atoms with Crippen LogP contribution in [-0.4, -0.2) is 23.0 Å². The number of nitrogens with zero attached hydrogens (tertiary/aromatic N) is 1. The second-order valence-corrected chi connectivity index (χ2v) is 6.33. The van der Waals surface area contributed by atoms with Crippen molar-refractivity contribution < 1.29 is 14.7 Å². The van der Waals surface area contributed by atoms with E-state index in [1.807, 2.05) is 48.5 Å². The third kappa shape index (κ3) is 4.71. The summed E-state index contributed by atoms with van der Waals surface area (Å²) in [6.07, 6.45) is 0.270. The first-order chi connectivity index (χ1) is 13.0. The van der Waals surface area contributed by atoms with Crippen molar-refractivity contribution in [2.75, 3.05) is 0 Å². The van der Waals surface area contributed by atoms with E-state index in [1.54, 1.807) is 24.3 Å². The molecule has 0 radical (unpaired) electrons. The van der Waals surface area contributed by atoms with Gasteiger partial charge in [-0.25, -0.2) is 4.79 Å². The van der Waals surface area contributed by atoms with Crippen molar-refractivity contribution in [3.05, 3.63) is 83.4 Å². The lowest BCUT2D eigenvalue weighted by Gasteiger charge is -2.15. The van der Waals surface area contributed by atoms with Crippen molar-refractivity contribution in [3.63, 3.8) is 0 Å². The number of rotatable bonds is 6. The Morgan fingerprint density at radius 2 is 1.63 bits per heavy atom. The van der Waals surface area contributed by atoms with Gasteiger partial charge in [0.05, 0.1) is 18.1 Å². The van der Waals surface area contributed by atoms with Gasteiger partial charge in [-0.05, 0) is 34.0 Å². The average molecular weight is 358 g/mol. The number of aliphatic carboxylic acids is 1. The molecule has 0 aliphatic heterocycles. The highest BCUT2D eigenvalue weighted by Crippen LogP contribution is 2.16. The molecule has 3 aromatic rings. The van der Waals surface area contributed by atoms with E-state index in [0.717, 1.165) is 21.9 Å². The van der Waals surface area contributed by atoms with Gasteiger partial charge in [0.2, 0.25) is 5.91 Å². The normalized spacial score (nSPS) is 11.5. The van der Waals surface area contributed by atoms with Crippen LogP contribution in [0.25, 0.3) is 10.8 Å². The largest absolute Gasteiger partial charge is 0.480 e. The first-order valence-electron chi connectivity index (χ1n) is 8.54. The van der Waals surface area contributed by atoms with Crippen molar-refractivity contribution in [2.45, 2.75) is 18.9 Å². The smallest absolute Gasteiger partial charge is 0.326 e. The molecule has 5 nitrogen and oxygen atoms in total. The van der Waals surface area contributed by atoms with Crippen LogP contribution >= 0.6 is 0 Å². The molecule has 27 heavy (non-hydrogen) atoms. The fraction of sp³-hybridized carbons (Fsp3) is 0.136. The van der Waals surface area contributed by atoms with Crippen molar-refractivity contribution in [1.82, 2.24) is 5.32 Å². The minimum Gasteiger partial charge on any atom is -0.480 e. The molecule has 1 atom stereocenters. The van der Waals surface area contributed by atoms with E-state index in [4.69, 9.17) is 5.26 Å². The van der Waals surface area contributed by atoms with Gasteiger partial charge in [0, 0.05) is 6.42 Å². The van der Waals surface area contributed by atoms with Crippen LogP contribution in [0.1, 0.15) is 16.7 Å². The number of carbonyl (C=O) groups excluding carboxylic acids is 1. The molecular formula is C22H18N2O3. The molecule has 3 rings (SSSR count). The summed E-state index contributed by atoms with van der Waals surface area (Å²) >= 11 is 0. The maximum absolute atomic E-state index is 12.3. The van der Waals surface area contributed by atoms with Gasteiger partial charge in [0.25, 0.3) is 0 Å². The summed E-state index contributed by atoms with van der Waals surface area (Å²) in [7, 11) is 0. The maximum Gasteiger partial charge on any atom is 0.326 e. The Morgan fingerprint density at radius 3 is 2.30 bits per heavy atom. The van der Waals surface area contributed by atoms with E-state index < -0.39 is 12.0 Å². The van der Waals surface area contributed by atoms with Crippen LogP contribution in [0.4, 0.5) is 0 Å². The Labute approximate surface area is 156 Å². The highest BCUT2D eigenvalue weighted by Gasteiger charge is 2.20. The highest BCUT2D eigenvalue weighted by molar-refractivity contribution is 5.87. The number of hydrogen-bond acceptors (Lipinski definition) is 3. The first kappa shape index (κ1) is 18.2. The number of carboxylic acid groups (broad SMARTS) is 1. The average Bonchev–Trinajstić information content (AvgIpc) is 2.68. The molecule has 1 amide bonds. The zero-order valence-corrected chi connectivity index (χ0v) is 14.6. The number of hydrogen-bond donors (Lipinski definition) is 2. The molecule has 134 valence electrons. The van der Waals surface area contributed by atoms with Gasteiger partial charge in [0.1, 0.15) is 6.04 Å². The SMILES string of the molecule is N#Cc1ccc(C[C@@H](NC(=O)Cc2ccc3ccccc3c2)C(=O)O)cc1. The third-order valence-electron chi connectivity index (χ3n) is 4.33. The number of carbonyl (C=O) groups is 2. The lowest BCUT2D eigenvalue weighted by molar-refractivity contribution is -0.141. The van der Waals surface area contributed by atoms with E-state index in [1.165, 1.54) is 0 Å². The number of nitrogens with one attached hydrogen (secondary N) is 1. The van der Waals surface area contributed by atoms with Gasteiger partial charge in [-0.3, -0.25) is 4.79 Å². The van der Waals surface area contributed by atoms with Crippen LogP contribution in [0.15, 0.2) is 66.7 Å². The Balaban J connectivity index is 1.66. The van der Waals surface area contributed by atoms with Crippen LogP contribution in [0, 0.1) is 11.3 Å². The Bertz CT molecular complexity index is 1020. The standard InChI is InChI=1S/C22H18N2O3/c23-14-16-7-5-15(6-8-16)12-20(22(26)27)24-21(25)13-17-9-10-18-3-1-2-4-19(18)11-17/h1-11,20H,12-13H2,(H,24,25)(H,26,27)/t20-/m1/s1. The zero-order chi connectivity index (χ0) is 19.2. The number of nitriles is 1. The fourth-order valence-corrected chi connectivity index (χ4v) is 2.93. The predicted molar refractivity (Wildman–Crippen MR) is 102 cm³/mol. The van der Waals surface area contributed by atoms with Crippen molar-refractivity contribution in [3.8, 4) is 6.07 Å². The van der Waals surface area contributed by atoms with Gasteiger partial charge in [-0.1, -0.05) is 54.6 Å². The second-order valence-electron chi connectivity index (χ2n) is 6.33. The Kier molecular flexibility index (Phi) is 5.48. The topological polar surface area (TPSA) is 90.2 Å². The summed E-state index contributed by atoms with van der Waals surface area (Å²) in [5.41, 5.74) is 2.08. The van der Waals surface area contributed by atoms with Crippen LogP contribution < -0.4 is 5.32 Å². The van der Waals surface area contributed by atoms with Crippen LogP contribution in [0.2, 0.25) is 0 Å². The predicted octanol–water partition coefficient (Wildman–Crippen LogP) is 3.07. The van der Waals surface area contributed by atoms with Crippen molar-refractivity contribution >= 4 is 22.6 Å². The summed E-state index contributed by atoms with van der Waals surface area (Å²) in [6, 6.07) is 21.3. The van der Waals surface area contributed by atoms with Crippen LogP contribution in [-0.2, 0) is 22.4 Å². The van der Waals surface area contributed by atoms with Gasteiger partial charge in [0.15, 0.2) is 0 Å². The minimum atomic E-state index is -1.09. The highest BCUT2D eigenvalue weighted by atomic mass is 16.4. The molecule has 5 heteroatoms. The summed E-state index contributed by atoms with van der Waals surface area (Å²) in [6.45, 7) is 0. The number of amides is 1. The zero-order valence-electron chi connectivity index (χ0n) is 14.6. The van der Waals surface area contributed by atoms with Gasteiger partial charge >= 0.3 is 5.97 Å². The van der Waals surface area contributed by atoms with Gasteiger partial charge in [-0.2, -0.15) is 5.26 Å². The Hall–Kier alpha value is -3.65. The van der Waals surface area contributed by atoms with E-state index in [0.29, 0.717) is 5.56 Å². The van der Waals surface area contributed by atoms with Gasteiger partial charge in [-0.15, -0.1) is 0 Å². The first-order valence-corrected chi connectivity index (χ1v) is 8.54. The molecule has 0 bridgehead atoms. The lowest BCUT2D eigenvalue weighted by Crippen LogP contribution is -2.43. The molecule has 3 aromatic carbocycles. The van der Waals surface area contributed by atoms with Crippen LogP contribution in [0.5, 0.6) is 0 Å². The van der Waals surface area contributed by atoms with E-state index in [-0.39, 0.29) is 18.7 Å². The maximum atomic E-state index is 12.3. The Morgan fingerprint density at radius 1 is 0.963 bits per heavy atom. The molecule has 0 aliphatic carbocycles. The summed E-state index contributed by atoms with van der Waals surface area (Å²) in [4.78, 5) is 23.9. The van der Waals surface area contributed by atoms with Gasteiger partial charge < -0.3 is 10.4 Å². The number of carboxylic acids is 1. The van der Waals surface area contributed by atoms with Crippen LogP contribution in [0.3, 0.4) is 0 Å². The van der Waals surface area contributed by atoms with E-state index >= 15 is 0 Å². The van der Waals surface area contributed by atoms with Crippen molar-refractivity contribution in [2.24, 2.45) is 0 Å². The van der Waals surface area contributed by atoms with Crippen molar-refractivity contribution in [1.29, 1.82) is 5.26 Å².